The minimum Gasteiger partial charge on any atom is -0.364 e. The molecule has 0 aliphatic carbocycles. The van der Waals surface area contributed by atoms with Gasteiger partial charge in [-0.3, -0.25) is 19.0 Å². The maximum absolute atomic E-state index is 13.6. The molecule has 9 heteroatoms. The van der Waals surface area contributed by atoms with Gasteiger partial charge < -0.3 is 15.5 Å². The van der Waals surface area contributed by atoms with Gasteiger partial charge in [0.25, 0.3) is 5.91 Å². The molecule has 8 nitrogen and oxygen atoms in total. The highest BCUT2D eigenvalue weighted by Crippen LogP contribution is 2.31. The number of carbonyl (C=O) groups is 1. The summed E-state index contributed by atoms with van der Waals surface area (Å²) in [6, 6.07) is 17.2. The Balaban J connectivity index is 1.41. The predicted molar refractivity (Wildman–Crippen MR) is 144 cm³/mol. The molecule has 0 atom stereocenters. The summed E-state index contributed by atoms with van der Waals surface area (Å²) in [6.45, 7) is 3.96. The number of hydrogen-bond donors (Lipinski definition) is 2. The maximum atomic E-state index is 13.6. The predicted octanol–water partition coefficient (Wildman–Crippen LogP) is 3.90. The Labute approximate surface area is 211 Å². The fourth-order valence-electron chi connectivity index (χ4n) is 4.79. The highest BCUT2D eigenvalue weighted by atomic mass is 32.1. The van der Waals surface area contributed by atoms with Crippen molar-refractivity contribution in [3.63, 3.8) is 0 Å². The summed E-state index contributed by atoms with van der Waals surface area (Å²) in [7, 11) is 0. The Hall–Kier alpha value is -3.82. The summed E-state index contributed by atoms with van der Waals surface area (Å²) in [4.78, 5) is 39.0. The highest BCUT2D eigenvalue weighted by Gasteiger charge is 2.23. The van der Waals surface area contributed by atoms with Crippen molar-refractivity contribution in [3.8, 4) is 0 Å². The lowest BCUT2D eigenvalue weighted by molar-refractivity contribution is 0.0950. The van der Waals surface area contributed by atoms with E-state index in [1.165, 1.54) is 24.2 Å². The number of aromatic nitrogens is 3. The Bertz CT molecular complexity index is 1620. The number of thiazole rings is 1. The number of fused-ring (bicyclic) bond motifs is 5. The zero-order valence-corrected chi connectivity index (χ0v) is 20.6. The second-order valence-corrected chi connectivity index (χ2v) is 9.99. The monoisotopic (exact) mass is 498 g/mol. The molecule has 36 heavy (non-hydrogen) atoms. The van der Waals surface area contributed by atoms with Gasteiger partial charge in [-0.1, -0.05) is 18.2 Å². The van der Waals surface area contributed by atoms with Crippen LogP contribution in [-0.2, 0) is 6.54 Å². The van der Waals surface area contributed by atoms with E-state index in [1.807, 2.05) is 46.9 Å². The van der Waals surface area contributed by atoms with Gasteiger partial charge in [-0.05, 0) is 62.3 Å². The topological polar surface area (TPSA) is 91.6 Å². The number of rotatable bonds is 7. The van der Waals surface area contributed by atoms with Crippen LogP contribution in [0, 0.1) is 0 Å². The molecule has 5 aromatic rings. The van der Waals surface area contributed by atoms with E-state index in [0.29, 0.717) is 34.8 Å². The Kier molecular flexibility index (Phi) is 6.08. The van der Waals surface area contributed by atoms with E-state index in [9.17, 15) is 9.59 Å². The number of amides is 1. The summed E-state index contributed by atoms with van der Waals surface area (Å²) in [6.07, 6.45) is 4.16. The third kappa shape index (κ3) is 4.20. The first-order valence-corrected chi connectivity index (χ1v) is 13.0. The Morgan fingerprint density at radius 2 is 1.86 bits per heavy atom. The third-order valence-corrected chi connectivity index (χ3v) is 7.75. The molecule has 1 aromatic carbocycles. The lowest BCUT2D eigenvalue weighted by Crippen LogP contribution is -2.35. The van der Waals surface area contributed by atoms with Gasteiger partial charge in [0.2, 0.25) is 5.43 Å². The summed E-state index contributed by atoms with van der Waals surface area (Å²) >= 11 is 1.44. The van der Waals surface area contributed by atoms with Crippen LogP contribution in [-0.4, -0.2) is 51.4 Å². The van der Waals surface area contributed by atoms with Crippen LogP contribution in [0.3, 0.4) is 0 Å². The molecule has 1 amide bonds. The molecule has 0 unspecified atom stereocenters. The van der Waals surface area contributed by atoms with E-state index < -0.39 is 0 Å². The number of hydrogen-bond acceptors (Lipinski definition) is 7. The number of para-hydroxylation sites is 1. The molecule has 6 rings (SSSR count). The number of pyridine rings is 3. The van der Waals surface area contributed by atoms with Crippen LogP contribution in [0.25, 0.3) is 26.1 Å². The molecule has 1 aliphatic heterocycles. The SMILES string of the molecule is O=C(NCCN1CCCC1)c1c(=O)c2ccc(NCc3ccccn3)nc2n2c1sc1ccccc12. The van der Waals surface area contributed by atoms with Crippen molar-refractivity contribution >= 4 is 49.1 Å². The van der Waals surface area contributed by atoms with Gasteiger partial charge >= 0.3 is 0 Å². The van der Waals surface area contributed by atoms with E-state index in [1.54, 1.807) is 18.3 Å². The Morgan fingerprint density at radius 3 is 2.69 bits per heavy atom. The summed E-state index contributed by atoms with van der Waals surface area (Å²) in [5, 5.41) is 6.71. The van der Waals surface area contributed by atoms with Crippen LogP contribution < -0.4 is 16.1 Å². The first-order chi connectivity index (χ1) is 17.7. The van der Waals surface area contributed by atoms with Gasteiger partial charge in [-0.2, -0.15) is 0 Å². The van der Waals surface area contributed by atoms with Gasteiger partial charge in [0.1, 0.15) is 16.2 Å². The third-order valence-electron chi connectivity index (χ3n) is 6.60. The quantitative estimate of drug-likeness (QED) is 0.354. The van der Waals surface area contributed by atoms with Crippen molar-refractivity contribution in [3.05, 3.63) is 82.3 Å². The van der Waals surface area contributed by atoms with Crippen molar-refractivity contribution in [2.24, 2.45) is 0 Å². The average molecular weight is 499 g/mol. The van der Waals surface area contributed by atoms with E-state index in [-0.39, 0.29) is 16.9 Å². The molecular formula is C27H26N6O2S. The maximum Gasteiger partial charge on any atom is 0.258 e. The van der Waals surface area contributed by atoms with Crippen molar-refractivity contribution in [1.29, 1.82) is 0 Å². The first kappa shape index (κ1) is 22.6. The lowest BCUT2D eigenvalue weighted by Gasteiger charge is -2.15. The van der Waals surface area contributed by atoms with Crippen molar-refractivity contribution in [1.82, 2.24) is 24.6 Å². The van der Waals surface area contributed by atoms with Crippen molar-refractivity contribution < 1.29 is 4.79 Å². The number of anilines is 1. The summed E-state index contributed by atoms with van der Waals surface area (Å²) < 4.78 is 2.93. The second kappa shape index (κ2) is 9.67. The average Bonchev–Trinajstić information content (AvgIpc) is 3.56. The molecule has 1 saturated heterocycles. The molecule has 0 spiro atoms. The standard InChI is InChI=1S/C27H26N6O2S/c34-24-19-10-11-22(30-17-18-7-3-4-12-28-18)31-25(19)33-20-8-1-2-9-21(20)36-27(33)23(24)26(35)29-13-16-32-14-5-6-15-32/h1-4,7-12H,5-6,13-17H2,(H,29,35)(H,30,31). The van der Waals surface area contributed by atoms with Gasteiger partial charge in [-0.15, -0.1) is 11.3 Å². The van der Waals surface area contributed by atoms with Crippen LogP contribution in [0.4, 0.5) is 5.82 Å². The summed E-state index contributed by atoms with van der Waals surface area (Å²) in [5.41, 5.74) is 2.24. The van der Waals surface area contributed by atoms with Gasteiger partial charge in [-0.25, -0.2) is 4.98 Å². The normalized spacial score (nSPS) is 14.1. The fourth-order valence-corrected chi connectivity index (χ4v) is 5.98. The van der Waals surface area contributed by atoms with E-state index in [0.717, 1.165) is 35.5 Å². The summed E-state index contributed by atoms with van der Waals surface area (Å²) in [5.74, 6) is 0.307. The van der Waals surface area contributed by atoms with Crippen LogP contribution >= 0.6 is 11.3 Å². The minimum absolute atomic E-state index is 0.182. The molecule has 0 saturated carbocycles. The molecule has 0 radical (unpaired) electrons. The first-order valence-electron chi connectivity index (χ1n) is 12.2. The number of carbonyl (C=O) groups excluding carboxylic acids is 1. The van der Waals surface area contributed by atoms with E-state index in [4.69, 9.17) is 4.98 Å². The van der Waals surface area contributed by atoms with Crippen molar-refractivity contribution in [2.75, 3.05) is 31.5 Å². The highest BCUT2D eigenvalue weighted by molar-refractivity contribution is 7.24. The molecule has 0 bridgehead atoms. The zero-order valence-electron chi connectivity index (χ0n) is 19.7. The number of likely N-dealkylation sites (tertiary alicyclic amines) is 1. The Morgan fingerprint density at radius 1 is 1.03 bits per heavy atom. The minimum atomic E-state index is -0.331. The molecule has 5 heterocycles. The zero-order chi connectivity index (χ0) is 24.5. The van der Waals surface area contributed by atoms with Crippen LogP contribution in [0.2, 0.25) is 0 Å². The van der Waals surface area contributed by atoms with Gasteiger partial charge in [0, 0.05) is 19.3 Å². The lowest BCUT2D eigenvalue weighted by atomic mass is 10.1. The van der Waals surface area contributed by atoms with Crippen LogP contribution in [0.5, 0.6) is 0 Å². The molecule has 182 valence electrons. The molecule has 1 aliphatic rings. The fraction of sp³-hybridized carbons (Fsp3) is 0.259. The number of benzene rings is 1. The molecular weight excluding hydrogens is 472 g/mol. The molecule has 1 fully saturated rings. The van der Waals surface area contributed by atoms with Gasteiger partial charge in [0.15, 0.2) is 5.65 Å². The molecule has 2 N–H and O–H groups in total. The van der Waals surface area contributed by atoms with Crippen molar-refractivity contribution in [2.45, 2.75) is 19.4 Å². The second-order valence-electron chi connectivity index (χ2n) is 8.96. The van der Waals surface area contributed by atoms with Crippen LogP contribution in [0.1, 0.15) is 28.9 Å². The number of nitrogens with zero attached hydrogens (tertiary/aromatic N) is 4. The van der Waals surface area contributed by atoms with Crippen LogP contribution in [0.15, 0.2) is 65.6 Å². The molecule has 4 aromatic heterocycles. The van der Waals surface area contributed by atoms with Gasteiger partial charge in [0.05, 0.1) is 27.8 Å². The number of nitrogens with one attached hydrogen (secondary N) is 2. The van der Waals surface area contributed by atoms with E-state index >= 15 is 0 Å². The largest absolute Gasteiger partial charge is 0.364 e. The van der Waals surface area contributed by atoms with E-state index in [2.05, 4.69) is 20.5 Å². The smallest absolute Gasteiger partial charge is 0.258 e.